The molecule has 1 aromatic carbocycles. The minimum atomic E-state index is -0.109. The summed E-state index contributed by atoms with van der Waals surface area (Å²) < 4.78 is 11.0. The summed E-state index contributed by atoms with van der Waals surface area (Å²) >= 11 is 0. The lowest BCUT2D eigenvalue weighted by Crippen LogP contribution is -2.68. The number of benzene rings is 1. The van der Waals surface area contributed by atoms with Gasteiger partial charge in [0.25, 0.3) is 5.91 Å². The average molecular weight is 276 g/mol. The molecule has 20 heavy (non-hydrogen) atoms. The first-order valence-corrected chi connectivity index (χ1v) is 7.11. The van der Waals surface area contributed by atoms with Gasteiger partial charge < -0.3 is 20.5 Å². The van der Waals surface area contributed by atoms with E-state index in [2.05, 4.69) is 5.32 Å². The number of amides is 1. The Labute approximate surface area is 118 Å². The van der Waals surface area contributed by atoms with Crippen LogP contribution in [0.15, 0.2) is 24.3 Å². The number of nitrogens with one attached hydrogen (secondary N) is 1. The lowest BCUT2D eigenvalue weighted by molar-refractivity contribution is -0.0161. The molecule has 4 atom stereocenters. The fourth-order valence-corrected chi connectivity index (χ4v) is 3.03. The zero-order valence-electron chi connectivity index (χ0n) is 11.5. The second-order valence-corrected chi connectivity index (χ2v) is 5.32. The average Bonchev–Trinajstić information content (AvgIpc) is 2.90. The van der Waals surface area contributed by atoms with Crippen molar-refractivity contribution < 1.29 is 14.3 Å². The van der Waals surface area contributed by atoms with Gasteiger partial charge in [-0.2, -0.15) is 0 Å². The zero-order chi connectivity index (χ0) is 14.1. The van der Waals surface area contributed by atoms with Crippen LogP contribution in [0.25, 0.3) is 0 Å². The van der Waals surface area contributed by atoms with Crippen LogP contribution < -0.4 is 15.8 Å². The molecule has 2 fully saturated rings. The molecule has 0 bridgehead atoms. The third-order valence-electron chi connectivity index (χ3n) is 4.17. The Bertz CT molecular complexity index is 488. The fourth-order valence-electron chi connectivity index (χ4n) is 3.03. The van der Waals surface area contributed by atoms with Gasteiger partial charge in [-0.1, -0.05) is 0 Å². The van der Waals surface area contributed by atoms with Crippen molar-refractivity contribution in [2.75, 3.05) is 13.2 Å². The quantitative estimate of drug-likeness (QED) is 0.858. The fraction of sp³-hybridized carbons (Fsp3) is 0.533. The Morgan fingerprint density at radius 2 is 2.20 bits per heavy atom. The number of hydrogen-bond donors (Lipinski definition) is 2. The topological polar surface area (TPSA) is 73.6 Å². The van der Waals surface area contributed by atoms with Crippen LogP contribution in [0.2, 0.25) is 0 Å². The second kappa shape index (κ2) is 5.42. The molecule has 5 nitrogen and oxygen atoms in total. The molecule has 0 spiro atoms. The van der Waals surface area contributed by atoms with E-state index in [1.54, 1.807) is 24.3 Å². The Morgan fingerprint density at radius 3 is 2.90 bits per heavy atom. The molecule has 1 aliphatic carbocycles. The van der Waals surface area contributed by atoms with Crippen molar-refractivity contribution in [3.05, 3.63) is 29.8 Å². The largest absolute Gasteiger partial charge is 0.494 e. The van der Waals surface area contributed by atoms with Crippen LogP contribution in [0.4, 0.5) is 0 Å². The van der Waals surface area contributed by atoms with Crippen molar-refractivity contribution >= 4 is 5.91 Å². The summed E-state index contributed by atoms with van der Waals surface area (Å²) in [7, 11) is 0. The van der Waals surface area contributed by atoms with E-state index in [9.17, 15) is 4.79 Å². The molecule has 1 saturated heterocycles. The lowest BCUT2D eigenvalue weighted by Gasteiger charge is -2.45. The van der Waals surface area contributed by atoms with Gasteiger partial charge in [-0.3, -0.25) is 4.79 Å². The maximum Gasteiger partial charge on any atom is 0.251 e. The molecule has 1 heterocycles. The molecule has 4 unspecified atom stereocenters. The van der Waals surface area contributed by atoms with Crippen LogP contribution in [0.5, 0.6) is 5.75 Å². The number of carbonyl (C=O) groups excluding carboxylic acids is 1. The van der Waals surface area contributed by atoms with Gasteiger partial charge >= 0.3 is 0 Å². The Hall–Kier alpha value is -1.59. The summed E-state index contributed by atoms with van der Waals surface area (Å²) in [5, 5.41) is 2.98. The summed E-state index contributed by atoms with van der Waals surface area (Å²) in [5.41, 5.74) is 6.70. The van der Waals surface area contributed by atoms with Gasteiger partial charge in [-0.25, -0.2) is 0 Å². The molecule has 1 aliphatic heterocycles. The molecule has 0 aromatic heterocycles. The number of carbonyl (C=O) groups is 1. The molecule has 1 aromatic rings. The van der Waals surface area contributed by atoms with E-state index in [-0.39, 0.29) is 24.1 Å². The molecule has 5 heteroatoms. The minimum absolute atomic E-state index is 0.00847. The lowest BCUT2D eigenvalue weighted by atomic mass is 9.72. The van der Waals surface area contributed by atoms with E-state index in [4.69, 9.17) is 15.2 Å². The van der Waals surface area contributed by atoms with Gasteiger partial charge in [-0.15, -0.1) is 0 Å². The van der Waals surface area contributed by atoms with Crippen LogP contribution in [-0.4, -0.2) is 37.3 Å². The smallest absolute Gasteiger partial charge is 0.251 e. The van der Waals surface area contributed by atoms with Crippen molar-refractivity contribution in [1.82, 2.24) is 5.32 Å². The molecule has 3 rings (SSSR count). The minimum Gasteiger partial charge on any atom is -0.494 e. The predicted molar refractivity (Wildman–Crippen MR) is 74.7 cm³/mol. The molecule has 2 aliphatic rings. The highest BCUT2D eigenvalue weighted by atomic mass is 16.5. The van der Waals surface area contributed by atoms with Crippen molar-refractivity contribution in [2.45, 2.75) is 31.5 Å². The van der Waals surface area contributed by atoms with E-state index in [0.717, 1.165) is 18.8 Å². The van der Waals surface area contributed by atoms with Crippen LogP contribution >= 0.6 is 0 Å². The van der Waals surface area contributed by atoms with Crippen LogP contribution in [0.3, 0.4) is 0 Å². The van der Waals surface area contributed by atoms with Crippen molar-refractivity contribution in [1.29, 1.82) is 0 Å². The molecule has 1 amide bonds. The Morgan fingerprint density at radius 1 is 1.45 bits per heavy atom. The van der Waals surface area contributed by atoms with E-state index < -0.39 is 0 Å². The number of rotatable bonds is 4. The van der Waals surface area contributed by atoms with Crippen LogP contribution in [0, 0.1) is 5.92 Å². The van der Waals surface area contributed by atoms with E-state index >= 15 is 0 Å². The number of ether oxygens (including phenoxy) is 2. The molecular formula is C15H20N2O3. The number of hydrogen-bond acceptors (Lipinski definition) is 4. The standard InChI is InChI=1S/C15H20N2O3/c1-2-19-10-5-3-9(4-6-10)15(18)17-13-12(16)11-7-8-20-14(11)13/h3-6,11-14H,2,7-8,16H2,1H3,(H,17,18). The van der Waals surface area contributed by atoms with Crippen molar-refractivity contribution in [3.8, 4) is 5.75 Å². The monoisotopic (exact) mass is 276 g/mol. The zero-order valence-corrected chi connectivity index (χ0v) is 11.5. The maximum absolute atomic E-state index is 12.2. The first-order valence-electron chi connectivity index (χ1n) is 7.11. The molecule has 1 saturated carbocycles. The van der Waals surface area contributed by atoms with Crippen LogP contribution in [0.1, 0.15) is 23.7 Å². The van der Waals surface area contributed by atoms with E-state index in [0.29, 0.717) is 18.1 Å². The summed E-state index contributed by atoms with van der Waals surface area (Å²) in [4.78, 5) is 12.2. The van der Waals surface area contributed by atoms with Gasteiger partial charge in [0, 0.05) is 24.1 Å². The highest BCUT2D eigenvalue weighted by Crippen LogP contribution is 2.37. The van der Waals surface area contributed by atoms with Gasteiger partial charge in [0.15, 0.2) is 0 Å². The Kier molecular flexibility index (Phi) is 3.63. The molecular weight excluding hydrogens is 256 g/mol. The normalized spacial score (nSPS) is 31.3. The van der Waals surface area contributed by atoms with E-state index in [1.807, 2.05) is 6.92 Å². The van der Waals surface area contributed by atoms with Crippen LogP contribution in [-0.2, 0) is 4.74 Å². The van der Waals surface area contributed by atoms with Gasteiger partial charge in [0.05, 0.1) is 18.8 Å². The van der Waals surface area contributed by atoms with Crippen molar-refractivity contribution in [2.24, 2.45) is 11.7 Å². The van der Waals surface area contributed by atoms with Gasteiger partial charge in [0.1, 0.15) is 5.75 Å². The molecule has 108 valence electrons. The molecule has 0 radical (unpaired) electrons. The first-order chi connectivity index (χ1) is 9.70. The molecule has 3 N–H and O–H groups in total. The first kappa shape index (κ1) is 13.4. The van der Waals surface area contributed by atoms with Crippen molar-refractivity contribution in [3.63, 3.8) is 0 Å². The highest BCUT2D eigenvalue weighted by Gasteiger charge is 2.52. The number of nitrogens with two attached hydrogens (primary N) is 1. The summed E-state index contributed by atoms with van der Waals surface area (Å²) in [6.45, 7) is 3.29. The van der Waals surface area contributed by atoms with Gasteiger partial charge in [0.2, 0.25) is 0 Å². The predicted octanol–water partition coefficient (Wildman–Crippen LogP) is 0.930. The SMILES string of the molecule is CCOc1ccc(C(=O)NC2C(N)C3CCOC32)cc1. The number of fused-ring (bicyclic) bond motifs is 1. The summed E-state index contributed by atoms with van der Waals surface area (Å²) in [6.07, 6.45) is 1.10. The Balaban J connectivity index is 1.61. The summed E-state index contributed by atoms with van der Waals surface area (Å²) in [5.74, 6) is 1.06. The van der Waals surface area contributed by atoms with E-state index in [1.165, 1.54) is 0 Å². The third kappa shape index (κ3) is 2.27. The third-order valence-corrected chi connectivity index (χ3v) is 4.17. The second-order valence-electron chi connectivity index (χ2n) is 5.32. The summed E-state index contributed by atoms with van der Waals surface area (Å²) in [6, 6.07) is 7.06. The maximum atomic E-state index is 12.2. The van der Waals surface area contributed by atoms with Gasteiger partial charge in [-0.05, 0) is 37.6 Å². The highest BCUT2D eigenvalue weighted by molar-refractivity contribution is 5.94.